The van der Waals surface area contributed by atoms with Crippen LogP contribution in [-0.2, 0) is 0 Å². The first-order chi connectivity index (χ1) is 9.39. The zero-order chi connectivity index (χ0) is 15.3. The number of carbonyl (C=O) groups excluding carboxylic acids is 1. The van der Waals surface area contributed by atoms with E-state index in [9.17, 15) is 14.9 Å². The summed E-state index contributed by atoms with van der Waals surface area (Å²) in [6.45, 7) is 4.14. The maximum Gasteiger partial charge on any atom is 0.270 e. The number of benzene rings is 1. The molecular weight excluding hydrogens is 260 g/mol. The standard InChI is InChI=1S/C13H20N4O3/c1-3-13(4-2,8-14)16-12(18)10-7-9(17(19)20)5-6-11(10)15/h5-7H,3-4,8,14-15H2,1-2H3,(H,16,18). The van der Waals surface area contributed by atoms with Gasteiger partial charge in [-0.15, -0.1) is 0 Å². The Kier molecular flexibility index (Phi) is 5.04. The molecule has 7 heteroatoms. The largest absolute Gasteiger partial charge is 0.398 e. The Morgan fingerprint density at radius 3 is 2.45 bits per heavy atom. The van der Waals surface area contributed by atoms with Crippen LogP contribution in [0.3, 0.4) is 0 Å². The minimum absolute atomic E-state index is 0.0962. The predicted molar refractivity (Wildman–Crippen MR) is 77.3 cm³/mol. The van der Waals surface area contributed by atoms with Crippen molar-refractivity contribution in [1.82, 2.24) is 5.32 Å². The predicted octanol–water partition coefficient (Wildman–Crippen LogP) is 1.42. The summed E-state index contributed by atoms with van der Waals surface area (Å²) in [5, 5.41) is 13.6. The number of rotatable bonds is 6. The highest BCUT2D eigenvalue weighted by Crippen LogP contribution is 2.21. The molecule has 0 atom stereocenters. The molecule has 20 heavy (non-hydrogen) atoms. The lowest BCUT2D eigenvalue weighted by Gasteiger charge is -2.31. The van der Waals surface area contributed by atoms with Gasteiger partial charge in [0, 0.05) is 24.4 Å². The van der Waals surface area contributed by atoms with Crippen LogP contribution in [-0.4, -0.2) is 22.9 Å². The molecule has 1 rings (SSSR count). The van der Waals surface area contributed by atoms with Gasteiger partial charge in [0.25, 0.3) is 11.6 Å². The van der Waals surface area contributed by atoms with Crippen molar-refractivity contribution >= 4 is 17.3 Å². The van der Waals surface area contributed by atoms with Gasteiger partial charge in [0.1, 0.15) is 0 Å². The van der Waals surface area contributed by atoms with E-state index >= 15 is 0 Å². The lowest BCUT2D eigenvalue weighted by Crippen LogP contribution is -2.53. The molecule has 0 bridgehead atoms. The van der Waals surface area contributed by atoms with Gasteiger partial charge in [-0.1, -0.05) is 13.8 Å². The Hall–Kier alpha value is -2.15. The average molecular weight is 280 g/mol. The summed E-state index contributed by atoms with van der Waals surface area (Å²) in [5.41, 5.74) is 11.0. The van der Waals surface area contributed by atoms with Crippen LogP contribution in [0.25, 0.3) is 0 Å². The van der Waals surface area contributed by atoms with Crippen molar-refractivity contribution in [3.8, 4) is 0 Å². The highest BCUT2D eigenvalue weighted by Gasteiger charge is 2.28. The van der Waals surface area contributed by atoms with Crippen molar-refractivity contribution in [2.45, 2.75) is 32.2 Å². The molecule has 0 saturated carbocycles. The highest BCUT2D eigenvalue weighted by molar-refractivity contribution is 6.00. The summed E-state index contributed by atoms with van der Waals surface area (Å²) in [6, 6.07) is 3.80. The molecule has 1 aromatic rings. The van der Waals surface area contributed by atoms with Gasteiger partial charge in [-0.2, -0.15) is 0 Å². The second-order valence-electron chi connectivity index (χ2n) is 4.67. The molecule has 0 aliphatic rings. The molecule has 0 heterocycles. The Bertz CT molecular complexity index is 504. The number of non-ortho nitro benzene ring substituents is 1. The van der Waals surface area contributed by atoms with E-state index in [0.717, 1.165) is 0 Å². The number of hydrogen-bond donors (Lipinski definition) is 3. The van der Waals surface area contributed by atoms with Gasteiger partial charge in [0.2, 0.25) is 0 Å². The summed E-state index contributed by atoms with van der Waals surface area (Å²) in [6.07, 6.45) is 1.33. The van der Waals surface area contributed by atoms with Crippen LogP contribution in [0.15, 0.2) is 18.2 Å². The third-order valence-electron chi connectivity index (χ3n) is 3.62. The average Bonchev–Trinajstić information content (AvgIpc) is 2.45. The molecule has 0 aliphatic carbocycles. The highest BCUT2D eigenvalue weighted by atomic mass is 16.6. The quantitative estimate of drug-likeness (QED) is 0.413. The third kappa shape index (κ3) is 3.24. The first-order valence-electron chi connectivity index (χ1n) is 6.45. The molecule has 7 nitrogen and oxygen atoms in total. The van der Waals surface area contributed by atoms with Crippen LogP contribution < -0.4 is 16.8 Å². The molecule has 5 N–H and O–H groups in total. The number of nitrogens with one attached hydrogen (secondary N) is 1. The fraction of sp³-hybridized carbons (Fsp3) is 0.462. The minimum atomic E-state index is -0.563. The molecule has 1 amide bonds. The van der Waals surface area contributed by atoms with Gasteiger partial charge in [0.05, 0.1) is 16.0 Å². The van der Waals surface area contributed by atoms with Crippen LogP contribution >= 0.6 is 0 Å². The number of anilines is 1. The molecule has 0 aliphatic heterocycles. The van der Waals surface area contributed by atoms with Crippen LogP contribution in [0.2, 0.25) is 0 Å². The number of amides is 1. The van der Waals surface area contributed by atoms with E-state index < -0.39 is 16.4 Å². The normalized spacial score (nSPS) is 11.2. The SMILES string of the molecule is CCC(CC)(CN)NC(=O)c1cc([N+](=O)[O-])ccc1N. The number of nitro groups is 1. The number of nitrogens with zero attached hydrogens (tertiary/aromatic N) is 1. The van der Waals surface area contributed by atoms with Gasteiger partial charge in [-0.05, 0) is 18.9 Å². The Morgan fingerprint density at radius 1 is 1.40 bits per heavy atom. The Balaban J connectivity index is 3.08. The maximum absolute atomic E-state index is 12.3. The molecule has 110 valence electrons. The van der Waals surface area contributed by atoms with Crippen LogP contribution in [0.4, 0.5) is 11.4 Å². The first kappa shape index (κ1) is 15.9. The molecule has 0 fully saturated rings. The summed E-state index contributed by atoms with van der Waals surface area (Å²) in [5.74, 6) is -0.444. The van der Waals surface area contributed by atoms with E-state index in [0.29, 0.717) is 19.4 Å². The van der Waals surface area contributed by atoms with Crippen molar-refractivity contribution in [1.29, 1.82) is 0 Å². The lowest BCUT2D eigenvalue weighted by atomic mass is 9.92. The number of carbonyl (C=O) groups is 1. The van der Waals surface area contributed by atoms with Gasteiger partial charge in [-0.3, -0.25) is 14.9 Å². The summed E-state index contributed by atoms with van der Waals surface area (Å²) >= 11 is 0. The van der Waals surface area contributed by atoms with Crippen LogP contribution in [0.5, 0.6) is 0 Å². The minimum Gasteiger partial charge on any atom is -0.398 e. The van der Waals surface area contributed by atoms with E-state index in [4.69, 9.17) is 11.5 Å². The van der Waals surface area contributed by atoms with Crippen molar-refractivity contribution in [2.24, 2.45) is 5.73 Å². The number of nitro benzene ring substituents is 1. The van der Waals surface area contributed by atoms with E-state index in [2.05, 4.69) is 5.32 Å². The first-order valence-corrected chi connectivity index (χ1v) is 6.45. The second kappa shape index (κ2) is 6.33. The van der Waals surface area contributed by atoms with Crippen LogP contribution in [0.1, 0.15) is 37.0 Å². The molecule has 0 aromatic heterocycles. The topological polar surface area (TPSA) is 124 Å². The Morgan fingerprint density at radius 2 is 2.00 bits per heavy atom. The van der Waals surface area contributed by atoms with E-state index in [-0.39, 0.29) is 16.9 Å². The maximum atomic E-state index is 12.3. The van der Waals surface area contributed by atoms with E-state index in [1.807, 2.05) is 13.8 Å². The van der Waals surface area contributed by atoms with E-state index in [1.54, 1.807) is 0 Å². The molecular formula is C13H20N4O3. The molecule has 1 aromatic carbocycles. The zero-order valence-electron chi connectivity index (χ0n) is 11.7. The van der Waals surface area contributed by atoms with Crippen LogP contribution in [0, 0.1) is 10.1 Å². The van der Waals surface area contributed by atoms with Crippen molar-refractivity contribution in [2.75, 3.05) is 12.3 Å². The fourth-order valence-electron chi connectivity index (χ4n) is 1.93. The van der Waals surface area contributed by atoms with Crippen molar-refractivity contribution in [3.05, 3.63) is 33.9 Å². The molecule has 0 radical (unpaired) electrons. The number of nitrogen functional groups attached to an aromatic ring is 1. The zero-order valence-corrected chi connectivity index (χ0v) is 11.7. The van der Waals surface area contributed by atoms with Gasteiger partial charge in [0.15, 0.2) is 0 Å². The Labute approximate surface area is 117 Å². The molecule has 0 unspecified atom stereocenters. The van der Waals surface area contributed by atoms with E-state index in [1.165, 1.54) is 18.2 Å². The van der Waals surface area contributed by atoms with Crippen molar-refractivity contribution in [3.63, 3.8) is 0 Å². The summed E-state index contributed by atoms with van der Waals surface area (Å²) < 4.78 is 0. The fourth-order valence-corrected chi connectivity index (χ4v) is 1.93. The van der Waals surface area contributed by atoms with Gasteiger partial charge in [-0.25, -0.2) is 0 Å². The number of hydrogen-bond acceptors (Lipinski definition) is 5. The smallest absolute Gasteiger partial charge is 0.270 e. The van der Waals surface area contributed by atoms with Crippen molar-refractivity contribution < 1.29 is 9.72 Å². The number of nitrogens with two attached hydrogens (primary N) is 2. The summed E-state index contributed by atoms with van der Waals surface area (Å²) in [7, 11) is 0. The lowest BCUT2D eigenvalue weighted by molar-refractivity contribution is -0.384. The summed E-state index contributed by atoms with van der Waals surface area (Å²) in [4.78, 5) is 22.5. The monoisotopic (exact) mass is 280 g/mol. The van der Waals surface area contributed by atoms with Gasteiger partial charge < -0.3 is 16.8 Å². The second-order valence-corrected chi connectivity index (χ2v) is 4.67. The molecule has 0 spiro atoms. The molecule has 0 saturated heterocycles. The van der Waals surface area contributed by atoms with Gasteiger partial charge >= 0.3 is 0 Å². The third-order valence-corrected chi connectivity index (χ3v) is 3.62.